The zero-order valence-corrected chi connectivity index (χ0v) is 18.9. The van der Waals surface area contributed by atoms with Gasteiger partial charge in [-0.15, -0.1) is 0 Å². The SMILES string of the molecule is C=C/C=C(\C=C)C(NC1CCNC1=O)(c1ccccc1)c1ccc(OC)cc1.CCC. The van der Waals surface area contributed by atoms with Gasteiger partial charge in [-0.25, -0.2) is 0 Å². The van der Waals surface area contributed by atoms with Crippen LogP contribution in [0.15, 0.2) is 91.6 Å². The Kier molecular flexibility index (Phi) is 9.29. The summed E-state index contributed by atoms with van der Waals surface area (Å²) < 4.78 is 5.34. The Labute approximate surface area is 186 Å². The van der Waals surface area contributed by atoms with Gasteiger partial charge in [-0.05, 0) is 35.3 Å². The number of allylic oxidation sites excluding steroid dienone is 2. The van der Waals surface area contributed by atoms with Crippen molar-refractivity contribution in [3.63, 3.8) is 0 Å². The van der Waals surface area contributed by atoms with Crippen LogP contribution in [0, 0.1) is 0 Å². The molecule has 0 bridgehead atoms. The van der Waals surface area contributed by atoms with E-state index in [4.69, 9.17) is 4.74 Å². The molecule has 0 radical (unpaired) electrons. The number of hydrogen-bond donors (Lipinski definition) is 2. The summed E-state index contributed by atoms with van der Waals surface area (Å²) in [6, 6.07) is 17.7. The zero-order chi connectivity index (χ0) is 22.7. The second-order valence-corrected chi connectivity index (χ2v) is 7.39. The van der Waals surface area contributed by atoms with Crippen LogP contribution in [0.3, 0.4) is 0 Å². The highest BCUT2D eigenvalue weighted by atomic mass is 16.5. The van der Waals surface area contributed by atoms with E-state index in [0.717, 1.165) is 28.9 Å². The number of amides is 1. The van der Waals surface area contributed by atoms with Crippen molar-refractivity contribution in [1.82, 2.24) is 10.6 Å². The van der Waals surface area contributed by atoms with Crippen molar-refractivity contribution in [3.8, 4) is 5.75 Å². The van der Waals surface area contributed by atoms with Crippen molar-refractivity contribution in [3.05, 3.63) is 103 Å². The van der Waals surface area contributed by atoms with Crippen LogP contribution in [0.25, 0.3) is 0 Å². The fraction of sp³-hybridized carbons (Fsp3) is 0.296. The van der Waals surface area contributed by atoms with Crippen molar-refractivity contribution in [2.75, 3.05) is 13.7 Å². The van der Waals surface area contributed by atoms with Gasteiger partial charge in [0.05, 0.1) is 18.7 Å². The summed E-state index contributed by atoms with van der Waals surface area (Å²) in [7, 11) is 1.65. The molecule has 1 saturated heterocycles. The van der Waals surface area contributed by atoms with Crippen molar-refractivity contribution >= 4 is 5.91 Å². The van der Waals surface area contributed by atoms with Gasteiger partial charge in [0.2, 0.25) is 5.91 Å². The number of nitrogens with one attached hydrogen (secondary N) is 2. The minimum Gasteiger partial charge on any atom is -0.497 e. The van der Waals surface area contributed by atoms with E-state index in [1.54, 1.807) is 13.2 Å². The number of carbonyl (C=O) groups excluding carboxylic acids is 1. The topological polar surface area (TPSA) is 50.4 Å². The van der Waals surface area contributed by atoms with Crippen LogP contribution < -0.4 is 15.4 Å². The van der Waals surface area contributed by atoms with E-state index in [1.807, 2.05) is 54.6 Å². The summed E-state index contributed by atoms with van der Waals surface area (Å²) in [6.07, 6.45) is 7.47. The standard InChI is InChI=1S/C24H26N2O2.C3H8/c1-4-9-18(5-2)24(19-10-7-6-8-11-19,26-22-16-17-25-23(22)27)20-12-14-21(28-3)15-13-20;1-3-2/h4-15,22,26H,1-2,16-17H2,3H3,(H,25,27);3H2,1-2H3/b18-9+;. The van der Waals surface area contributed by atoms with Crippen LogP contribution >= 0.6 is 0 Å². The van der Waals surface area contributed by atoms with Crippen LogP contribution in [0.5, 0.6) is 5.75 Å². The van der Waals surface area contributed by atoms with Gasteiger partial charge in [0.1, 0.15) is 5.75 Å². The molecular formula is C27H34N2O2. The number of ether oxygens (including phenoxy) is 1. The maximum Gasteiger partial charge on any atom is 0.237 e. The molecule has 3 rings (SSSR count). The summed E-state index contributed by atoms with van der Waals surface area (Å²) in [6.45, 7) is 12.8. The molecule has 2 aromatic carbocycles. The van der Waals surface area contributed by atoms with Gasteiger partial charge >= 0.3 is 0 Å². The lowest BCUT2D eigenvalue weighted by Crippen LogP contribution is -2.52. The molecule has 0 aromatic heterocycles. The van der Waals surface area contributed by atoms with Crippen LogP contribution in [0.4, 0.5) is 0 Å². The Morgan fingerprint density at radius 1 is 1.13 bits per heavy atom. The number of carbonyl (C=O) groups is 1. The highest BCUT2D eigenvalue weighted by Crippen LogP contribution is 2.39. The van der Waals surface area contributed by atoms with E-state index in [9.17, 15) is 4.79 Å². The first kappa shape index (κ1) is 24.2. The smallest absolute Gasteiger partial charge is 0.237 e. The molecule has 31 heavy (non-hydrogen) atoms. The summed E-state index contributed by atoms with van der Waals surface area (Å²) in [5, 5.41) is 6.56. The summed E-state index contributed by atoms with van der Waals surface area (Å²) in [4.78, 5) is 12.4. The largest absolute Gasteiger partial charge is 0.497 e. The molecule has 4 nitrogen and oxygen atoms in total. The lowest BCUT2D eigenvalue weighted by Gasteiger charge is -2.39. The first-order valence-electron chi connectivity index (χ1n) is 10.8. The average Bonchev–Trinajstić information content (AvgIpc) is 3.21. The van der Waals surface area contributed by atoms with Gasteiger partial charge in [-0.1, -0.05) is 94.1 Å². The Bertz CT molecular complexity index is 887. The molecular weight excluding hydrogens is 384 g/mol. The van der Waals surface area contributed by atoms with Crippen molar-refractivity contribution in [2.45, 2.75) is 38.3 Å². The lowest BCUT2D eigenvalue weighted by molar-refractivity contribution is -0.121. The highest BCUT2D eigenvalue weighted by molar-refractivity contribution is 5.84. The van der Waals surface area contributed by atoms with Crippen LogP contribution in [-0.2, 0) is 10.3 Å². The van der Waals surface area contributed by atoms with Gasteiger partial charge in [0.25, 0.3) is 0 Å². The number of benzene rings is 2. The Morgan fingerprint density at radius 3 is 2.23 bits per heavy atom. The summed E-state index contributed by atoms with van der Waals surface area (Å²) in [5.74, 6) is 0.785. The first-order valence-corrected chi connectivity index (χ1v) is 10.8. The average molecular weight is 419 g/mol. The molecule has 2 unspecified atom stereocenters. The van der Waals surface area contributed by atoms with Crippen LogP contribution in [0.1, 0.15) is 37.8 Å². The van der Waals surface area contributed by atoms with E-state index in [-0.39, 0.29) is 11.9 Å². The fourth-order valence-electron chi connectivity index (χ4n) is 3.75. The summed E-state index contributed by atoms with van der Waals surface area (Å²) in [5.41, 5.74) is 2.18. The third kappa shape index (κ3) is 5.53. The fourth-order valence-corrected chi connectivity index (χ4v) is 3.75. The molecule has 1 aliphatic heterocycles. The molecule has 164 valence electrons. The third-order valence-corrected chi connectivity index (χ3v) is 5.12. The molecule has 1 fully saturated rings. The molecule has 1 heterocycles. The molecule has 4 heteroatoms. The second kappa shape index (κ2) is 11.9. The van der Waals surface area contributed by atoms with E-state index in [1.165, 1.54) is 6.42 Å². The lowest BCUT2D eigenvalue weighted by atomic mass is 9.75. The quantitative estimate of drug-likeness (QED) is 0.584. The number of hydrogen-bond acceptors (Lipinski definition) is 3. The maximum atomic E-state index is 12.4. The Hall–Kier alpha value is -3.11. The molecule has 1 aliphatic rings. The highest BCUT2D eigenvalue weighted by Gasteiger charge is 2.41. The number of rotatable bonds is 8. The Morgan fingerprint density at radius 2 is 1.74 bits per heavy atom. The van der Waals surface area contributed by atoms with Gasteiger partial charge in [-0.3, -0.25) is 10.1 Å². The van der Waals surface area contributed by atoms with Gasteiger partial charge in [-0.2, -0.15) is 0 Å². The van der Waals surface area contributed by atoms with Crippen molar-refractivity contribution < 1.29 is 9.53 Å². The Balaban J connectivity index is 0.00000107. The van der Waals surface area contributed by atoms with E-state index in [2.05, 4.69) is 49.8 Å². The monoisotopic (exact) mass is 418 g/mol. The molecule has 2 atom stereocenters. The molecule has 2 N–H and O–H groups in total. The molecule has 0 saturated carbocycles. The van der Waals surface area contributed by atoms with E-state index >= 15 is 0 Å². The minimum absolute atomic E-state index is 0.0100. The van der Waals surface area contributed by atoms with E-state index in [0.29, 0.717) is 6.54 Å². The molecule has 0 aliphatic carbocycles. The molecule has 0 spiro atoms. The van der Waals surface area contributed by atoms with E-state index < -0.39 is 5.54 Å². The van der Waals surface area contributed by atoms with Crippen LogP contribution in [0.2, 0.25) is 0 Å². The normalized spacial score (nSPS) is 17.6. The molecule has 1 amide bonds. The van der Waals surface area contributed by atoms with Gasteiger partial charge in [0, 0.05) is 6.54 Å². The first-order chi connectivity index (χ1) is 15.1. The zero-order valence-electron chi connectivity index (χ0n) is 18.9. The number of methoxy groups -OCH3 is 1. The predicted octanol–water partition coefficient (Wildman–Crippen LogP) is 5.13. The van der Waals surface area contributed by atoms with Gasteiger partial charge in [0.15, 0.2) is 0 Å². The summed E-state index contributed by atoms with van der Waals surface area (Å²) >= 11 is 0. The maximum absolute atomic E-state index is 12.4. The van der Waals surface area contributed by atoms with Gasteiger partial charge < -0.3 is 10.1 Å². The third-order valence-electron chi connectivity index (χ3n) is 5.12. The molecule has 2 aromatic rings. The predicted molar refractivity (Wildman–Crippen MR) is 129 cm³/mol. The minimum atomic E-state index is -0.754. The van der Waals surface area contributed by atoms with Crippen molar-refractivity contribution in [2.24, 2.45) is 0 Å². The van der Waals surface area contributed by atoms with Crippen molar-refractivity contribution in [1.29, 1.82) is 0 Å². The van der Waals surface area contributed by atoms with Crippen LogP contribution in [-0.4, -0.2) is 25.6 Å². The second-order valence-electron chi connectivity index (χ2n) is 7.39.